The summed E-state index contributed by atoms with van der Waals surface area (Å²) in [5, 5.41) is 0.311. The predicted octanol–water partition coefficient (Wildman–Crippen LogP) is 1.23. The number of sulfonamides is 1. The molecule has 8 heteroatoms. The molecule has 2 aromatic heterocycles. The molecule has 0 aliphatic heterocycles. The molecule has 0 radical (unpaired) electrons. The molecule has 0 saturated carbocycles. The Labute approximate surface area is 103 Å². The van der Waals surface area contributed by atoms with E-state index in [9.17, 15) is 8.42 Å². The first-order valence-corrected chi connectivity index (χ1v) is 6.94. The molecule has 3 N–H and O–H groups in total. The summed E-state index contributed by atoms with van der Waals surface area (Å²) >= 11 is 1.25. The lowest BCUT2D eigenvalue weighted by molar-refractivity contribution is 0.601. The molecule has 0 aliphatic carbocycles. The fourth-order valence-electron chi connectivity index (χ4n) is 1.19. The van der Waals surface area contributed by atoms with Gasteiger partial charge < -0.3 is 5.73 Å². The minimum absolute atomic E-state index is 0.0483. The van der Waals surface area contributed by atoms with Gasteiger partial charge in [-0.25, -0.2) is 13.4 Å². The first-order chi connectivity index (χ1) is 7.99. The second kappa shape index (κ2) is 4.30. The highest BCUT2D eigenvalue weighted by Crippen LogP contribution is 2.23. The Balaban J connectivity index is 2.35. The van der Waals surface area contributed by atoms with Crippen LogP contribution in [-0.4, -0.2) is 18.4 Å². The average molecular weight is 270 g/mol. The topological polar surface area (TPSA) is 98.0 Å². The summed E-state index contributed by atoms with van der Waals surface area (Å²) in [6.07, 6.45) is 4.23. The monoisotopic (exact) mass is 270 g/mol. The van der Waals surface area contributed by atoms with Crippen molar-refractivity contribution in [1.29, 1.82) is 0 Å². The largest absolute Gasteiger partial charge is 0.398 e. The predicted molar refractivity (Wildman–Crippen MR) is 66.3 cm³/mol. The Morgan fingerprint density at radius 2 is 2.18 bits per heavy atom. The molecule has 0 saturated heterocycles. The standard InChI is InChI=1S/C9H10N4O2S2/c1-6-4-12-9(16-6)13-17(14,15)8-5-11-3-2-7(8)10/h2-5H,1H3,(H2,10,11)(H,12,13). The SMILES string of the molecule is Cc1cnc(NS(=O)(=O)c2cnccc2N)s1. The van der Waals surface area contributed by atoms with Gasteiger partial charge in [0.1, 0.15) is 4.90 Å². The minimum Gasteiger partial charge on any atom is -0.398 e. The molecule has 17 heavy (non-hydrogen) atoms. The van der Waals surface area contributed by atoms with Crippen LogP contribution in [-0.2, 0) is 10.0 Å². The van der Waals surface area contributed by atoms with Crippen LogP contribution in [0.15, 0.2) is 29.6 Å². The van der Waals surface area contributed by atoms with Crippen LogP contribution in [0.1, 0.15) is 4.88 Å². The summed E-state index contributed by atoms with van der Waals surface area (Å²) in [5.41, 5.74) is 5.74. The first-order valence-electron chi connectivity index (χ1n) is 4.64. The number of nitrogens with two attached hydrogens (primary N) is 1. The lowest BCUT2D eigenvalue weighted by Gasteiger charge is -2.06. The fraction of sp³-hybridized carbons (Fsp3) is 0.111. The molecule has 0 atom stereocenters. The summed E-state index contributed by atoms with van der Waals surface area (Å²) in [5.74, 6) is 0. The maximum atomic E-state index is 12.0. The molecule has 2 rings (SSSR count). The smallest absolute Gasteiger partial charge is 0.267 e. The van der Waals surface area contributed by atoms with Gasteiger partial charge in [0.25, 0.3) is 10.0 Å². The van der Waals surface area contributed by atoms with E-state index in [1.165, 1.54) is 29.8 Å². The molecule has 90 valence electrons. The van der Waals surface area contributed by atoms with Crippen molar-refractivity contribution >= 4 is 32.2 Å². The quantitative estimate of drug-likeness (QED) is 0.874. The van der Waals surface area contributed by atoms with Gasteiger partial charge in [0, 0.05) is 23.5 Å². The van der Waals surface area contributed by atoms with Crippen molar-refractivity contribution in [3.63, 3.8) is 0 Å². The van der Waals surface area contributed by atoms with E-state index < -0.39 is 10.0 Å². The number of nitrogens with zero attached hydrogens (tertiary/aromatic N) is 2. The van der Waals surface area contributed by atoms with Crippen molar-refractivity contribution in [2.45, 2.75) is 11.8 Å². The van der Waals surface area contributed by atoms with Crippen LogP contribution in [0, 0.1) is 6.92 Å². The molecule has 2 heterocycles. The molecule has 0 spiro atoms. The van der Waals surface area contributed by atoms with Gasteiger partial charge in [-0.05, 0) is 13.0 Å². The molecule has 0 bridgehead atoms. The summed E-state index contributed by atoms with van der Waals surface area (Å²) in [4.78, 5) is 8.54. The lowest BCUT2D eigenvalue weighted by atomic mass is 10.4. The Morgan fingerprint density at radius 1 is 1.41 bits per heavy atom. The van der Waals surface area contributed by atoms with Crippen LogP contribution in [0.2, 0.25) is 0 Å². The number of thiazole rings is 1. The second-order valence-electron chi connectivity index (χ2n) is 3.30. The lowest BCUT2D eigenvalue weighted by Crippen LogP contribution is -2.14. The Hall–Kier alpha value is -1.67. The zero-order valence-corrected chi connectivity index (χ0v) is 10.5. The van der Waals surface area contributed by atoms with Crippen LogP contribution in [0.5, 0.6) is 0 Å². The van der Waals surface area contributed by atoms with Crippen molar-refractivity contribution in [1.82, 2.24) is 9.97 Å². The molecule has 0 amide bonds. The number of pyridine rings is 1. The molecular formula is C9H10N4O2S2. The van der Waals surface area contributed by atoms with E-state index in [1.807, 2.05) is 6.92 Å². The number of nitrogens with one attached hydrogen (secondary N) is 1. The molecule has 0 fully saturated rings. The zero-order chi connectivity index (χ0) is 12.5. The van der Waals surface area contributed by atoms with Crippen molar-refractivity contribution in [3.05, 3.63) is 29.5 Å². The third kappa shape index (κ3) is 2.53. The maximum absolute atomic E-state index is 12.0. The second-order valence-corrected chi connectivity index (χ2v) is 6.18. The number of hydrogen-bond acceptors (Lipinski definition) is 6. The van der Waals surface area contributed by atoms with Crippen LogP contribution >= 0.6 is 11.3 Å². The molecule has 2 aromatic rings. The van der Waals surface area contributed by atoms with Gasteiger partial charge in [0.05, 0.1) is 5.69 Å². The zero-order valence-electron chi connectivity index (χ0n) is 8.91. The number of aryl methyl sites for hydroxylation is 1. The van der Waals surface area contributed by atoms with E-state index in [1.54, 1.807) is 6.20 Å². The Morgan fingerprint density at radius 3 is 2.76 bits per heavy atom. The summed E-state index contributed by atoms with van der Waals surface area (Å²) in [7, 11) is -3.72. The summed E-state index contributed by atoms with van der Waals surface area (Å²) in [6.45, 7) is 1.84. The number of nitrogen functional groups attached to an aromatic ring is 1. The van der Waals surface area contributed by atoms with Gasteiger partial charge in [-0.2, -0.15) is 0 Å². The molecule has 0 aliphatic rings. The van der Waals surface area contributed by atoms with Gasteiger partial charge >= 0.3 is 0 Å². The van der Waals surface area contributed by atoms with Crippen LogP contribution in [0.25, 0.3) is 0 Å². The minimum atomic E-state index is -3.72. The van der Waals surface area contributed by atoms with Crippen LogP contribution < -0.4 is 10.5 Å². The van der Waals surface area contributed by atoms with E-state index in [4.69, 9.17) is 5.73 Å². The van der Waals surface area contributed by atoms with E-state index in [0.717, 1.165) is 4.88 Å². The molecule has 0 aromatic carbocycles. The van der Waals surface area contributed by atoms with Crippen molar-refractivity contribution in [3.8, 4) is 0 Å². The average Bonchev–Trinajstić information content (AvgIpc) is 2.63. The maximum Gasteiger partial charge on any atom is 0.267 e. The Kier molecular flexibility index (Phi) is 2.99. The highest BCUT2D eigenvalue weighted by Gasteiger charge is 2.18. The molecule has 0 unspecified atom stereocenters. The van der Waals surface area contributed by atoms with Crippen LogP contribution in [0.3, 0.4) is 0 Å². The number of aromatic nitrogens is 2. The van der Waals surface area contributed by atoms with Crippen LogP contribution in [0.4, 0.5) is 10.8 Å². The van der Waals surface area contributed by atoms with Gasteiger partial charge in [0.15, 0.2) is 5.13 Å². The molecular weight excluding hydrogens is 260 g/mol. The van der Waals surface area contributed by atoms with E-state index in [2.05, 4.69) is 14.7 Å². The van der Waals surface area contributed by atoms with Crippen molar-refractivity contribution in [2.75, 3.05) is 10.5 Å². The first kappa shape index (κ1) is 11.8. The Bertz CT molecular complexity index is 636. The third-order valence-corrected chi connectivity index (χ3v) is 4.29. The normalized spacial score (nSPS) is 11.4. The van der Waals surface area contributed by atoms with Crippen molar-refractivity contribution < 1.29 is 8.42 Å². The summed E-state index contributed by atoms with van der Waals surface area (Å²) < 4.78 is 26.3. The fourth-order valence-corrected chi connectivity index (χ4v) is 3.17. The van der Waals surface area contributed by atoms with E-state index in [-0.39, 0.29) is 10.6 Å². The van der Waals surface area contributed by atoms with Gasteiger partial charge in [-0.15, -0.1) is 11.3 Å². The van der Waals surface area contributed by atoms with E-state index in [0.29, 0.717) is 5.13 Å². The number of rotatable bonds is 3. The third-order valence-electron chi connectivity index (χ3n) is 1.95. The van der Waals surface area contributed by atoms with Gasteiger partial charge in [-0.1, -0.05) is 0 Å². The highest BCUT2D eigenvalue weighted by atomic mass is 32.2. The van der Waals surface area contributed by atoms with Gasteiger partial charge in [0.2, 0.25) is 0 Å². The number of anilines is 2. The van der Waals surface area contributed by atoms with Gasteiger partial charge in [-0.3, -0.25) is 9.71 Å². The van der Waals surface area contributed by atoms with E-state index >= 15 is 0 Å². The number of hydrogen-bond donors (Lipinski definition) is 2. The van der Waals surface area contributed by atoms with Crippen molar-refractivity contribution in [2.24, 2.45) is 0 Å². The molecule has 6 nitrogen and oxygen atoms in total. The highest BCUT2D eigenvalue weighted by molar-refractivity contribution is 7.93. The summed E-state index contributed by atoms with van der Waals surface area (Å²) in [6, 6.07) is 1.43.